The normalized spacial score (nSPS) is 11.1. The van der Waals surface area contributed by atoms with Crippen LogP contribution in [0.15, 0.2) is 30.0 Å². The molecule has 1 rings (SSSR count). The fourth-order valence-electron chi connectivity index (χ4n) is 1.37. The van der Waals surface area contributed by atoms with E-state index in [1.807, 2.05) is 6.07 Å². The standard InChI is InChI=1S/C12H13N3O2/c1-16-9-5-3-8(4-6-9)11(12(14)15)10(7-13)17-2/h3-6H,1-2H3,(H3,14,15)/b11-10-. The zero-order chi connectivity index (χ0) is 12.8. The minimum absolute atomic E-state index is 0.0164. The highest BCUT2D eigenvalue weighted by atomic mass is 16.5. The first-order valence-electron chi connectivity index (χ1n) is 4.81. The molecule has 0 aromatic heterocycles. The van der Waals surface area contributed by atoms with Gasteiger partial charge in [0.25, 0.3) is 0 Å². The molecule has 0 amide bonds. The van der Waals surface area contributed by atoms with Gasteiger partial charge in [-0.15, -0.1) is 0 Å². The Morgan fingerprint density at radius 3 is 2.24 bits per heavy atom. The molecule has 5 nitrogen and oxygen atoms in total. The van der Waals surface area contributed by atoms with Crippen molar-refractivity contribution in [2.24, 2.45) is 5.73 Å². The van der Waals surface area contributed by atoms with Crippen molar-refractivity contribution >= 4 is 11.4 Å². The maximum Gasteiger partial charge on any atom is 0.208 e. The number of hydrogen-bond acceptors (Lipinski definition) is 4. The fraction of sp³-hybridized carbons (Fsp3) is 0.167. The highest BCUT2D eigenvalue weighted by Gasteiger charge is 2.13. The summed E-state index contributed by atoms with van der Waals surface area (Å²) < 4.78 is 9.93. The lowest BCUT2D eigenvalue weighted by Gasteiger charge is -2.09. The van der Waals surface area contributed by atoms with E-state index in [1.165, 1.54) is 7.11 Å². The second-order valence-electron chi connectivity index (χ2n) is 3.16. The number of nitrogens with one attached hydrogen (secondary N) is 1. The van der Waals surface area contributed by atoms with Crippen LogP contribution in [0.2, 0.25) is 0 Å². The van der Waals surface area contributed by atoms with Crippen LogP contribution in [0.3, 0.4) is 0 Å². The number of nitrogens with zero attached hydrogens (tertiary/aromatic N) is 1. The third-order valence-corrected chi connectivity index (χ3v) is 2.18. The maximum atomic E-state index is 8.90. The Morgan fingerprint density at radius 1 is 1.29 bits per heavy atom. The van der Waals surface area contributed by atoms with Crippen molar-refractivity contribution in [2.45, 2.75) is 0 Å². The average molecular weight is 231 g/mol. The van der Waals surface area contributed by atoms with E-state index >= 15 is 0 Å². The minimum atomic E-state index is -0.214. The molecule has 1 aromatic rings. The first kappa shape index (κ1) is 12.6. The van der Waals surface area contributed by atoms with Gasteiger partial charge in [0.2, 0.25) is 5.76 Å². The van der Waals surface area contributed by atoms with Crippen LogP contribution in [-0.2, 0) is 4.74 Å². The van der Waals surface area contributed by atoms with E-state index in [2.05, 4.69) is 0 Å². The SMILES string of the molecule is CO/C(C#N)=C(\C(=N)N)c1ccc(OC)cc1. The Hall–Kier alpha value is -2.48. The summed E-state index contributed by atoms with van der Waals surface area (Å²) in [4.78, 5) is 0. The van der Waals surface area contributed by atoms with Gasteiger partial charge in [-0.2, -0.15) is 5.26 Å². The third-order valence-electron chi connectivity index (χ3n) is 2.18. The number of hydrogen-bond donors (Lipinski definition) is 2. The first-order chi connectivity index (χ1) is 8.13. The van der Waals surface area contributed by atoms with E-state index in [9.17, 15) is 0 Å². The molecule has 3 N–H and O–H groups in total. The predicted octanol–water partition coefficient (Wildman–Crippen LogP) is 1.51. The molecule has 88 valence electrons. The fourth-order valence-corrected chi connectivity index (χ4v) is 1.37. The van der Waals surface area contributed by atoms with Gasteiger partial charge in [0.05, 0.1) is 19.8 Å². The molecule has 0 saturated carbocycles. The molecular formula is C12H13N3O2. The number of amidine groups is 1. The summed E-state index contributed by atoms with van der Waals surface area (Å²) in [6.07, 6.45) is 0. The Bertz CT molecular complexity index is 483. The summed E-state index contributed by atoms with van der Waals surface area (Å²) in [6, 6.07) is 8.74. The molecule has 0 radical (unpaired) electrons. The summed E-state index contributed by atoms with van der Waals surface area (Å²) >= 11 is 0. The van der Waals surface area contributed by atoms with Crippen molar-refractivity contribution in [3.8, 4) is 11.8 Å². The van der Waals surface area contributed by atoms with Gasteiger partial charge in [-0.1, -0.05) is 12.1 Å². The molecule has 0 atom stereocenters. The highest BCUT2D eigenvalue weighted by molar-refractivity contribution is 6.21. The molecule has 17 heavy (non-hydrogen) atoms. The van der Waals surface area contributed by atoms with Crippen LogP contribution < -0.4 is 10.5 Å². The van der Waals surface area contributed by atoms with E-state index in [0.717, 1.165) is 0 Å². The van der Waals surface area contributed by atoms with Crippen molar-refractivity contribution in [2.75, 3.05) is 14.2 Å². The number of rotatable bonds is 4. The lowest BCUT2D eigenvalue weighted by atomic mass is 10.0. The maximum absolute atomic E-state index is 8.90. The molecule has 0 aliphatic rings. The van der Waals surface area contributed by atoms with Crippen LogP contribution in [0.4, 0.5) is 0 Å². The van der Waals surface area contributed by atoms with Crippen molar-refractivity contribution < 1.29 is 9.47 Å². The summed E-state index contributed by atoms with van der Waals surface area (Å²) in [5.74, 6) is 0.490. The summed E-state index contributed by atoms with van der Waals surface area (Å²) in [7, 11) is 2.93. The topological polar surface area (TPSA) is 92.1 Å². The van der Waals surface area contributed by atoms with Crippen LogP contribution >= 0.6 is 0 Å². The molecule has 0 spiro atoms. The molecule has 0 aliphatic heterocycles. The second kappa shape index (κ2) is 5.56. The van der Waals surface area contributed by atoms with Gasteiger partial charge in [0.15, 0.2) is 0 Å². The van der Waals surface area contributed by atoms with Crippen molar-refractivity contribution in [1.29, 1.82) is 10.7 Å². The van der Waals surface area contributed by atoms with Gasteiger partial charge in [0.1, 0.15) is 17.7 Å². The Kier molecular flexibility index (Phi) is 4.12. The van der Waals surface area contributed by atoms with Gasteiger partial charge in [-0.05, 0) is 17.7 Å². The van der Waals surface area contributed by atoms with Crippen LogP contribution in [0.5, 0.6) is 5.75 Å². The average Bonchev–Trinajstić information content (AvgIpc) is 2.35. The minimum Gasteiger partial charge on any atom is -0.497 e. The number of nitriles is 1. The second-order valence-corrected chi connectivity index (χ2v) is 3.16. The van der Waals surface area contributed by atoms with Gasteiger partial charge < -0.3 is 15.2 Å². The predicted molar refractivity (Wildman–Crippen MR) is 64.5 cm³/mol. The van der Waals surface area contributed by atoms with Crippen LogP contribution in [-0.4, -0.2) is 20.1 Å². The van der Waals surface area contributed by atoms with E-state index < -0.39 is 0 Å². The van der Waals surface area contributed by atoms with Crippen LogP contribution in [0.25, 0.3) is 5.57 Å². The molecule has 0 fully saturated rings. The molecular weight excluding hydrogens is 218 g/mol. The lowest BCUT2D eigenvalue weighted by molar-refractivity contribution is 0.312. The Balaban J connectivity index is 3.29. The summed E-state index contributed by atoms with van der Waals surface area (Å²) in [6.45, 7) is 0. The molecule has 0 saturated heterocycles. The number of ether oxygens (including phenoxy) is 2. The quantitative estimate of drug-likeness (QED) is 0.355. The highest BCUT2D eigenvalue weighted by Crippen LogP contribution is 2.21. The van der Waals surface area contributed by atoms with E-state index in [0.29, 0.717) is 11.3 Å². The van der Waals surface area contributed by atoms with Gasteiger partial charge in [-0.25, -0.2) is 0 Å². The number of nitrogens with two attached hydrogens (primary N) is 1. The molecule has 0 aliphatic carbocycles. The number of benzene rings is 1. The monoisotopic (exact) mass is 231 g/mol. The largest absolute Gasteiger partial charge is 0.497 e. The number of methoxy groups -OCH3 is 2. The molecule has 5 heteroatoms. The lowest BCUT2D eigenvalue weighted by Crippen LogP contribution is -2.14. The van der Waals surface area contributed by atoms with Crippen LogP contribution in [0.1, 0.15) is 5.56 Å². The Morgan fingerprint density at radius 2 is 1.88 bits per heavy atom. The van der Waals surface area contributed by atoms with E-state index in [1.54, 1.807) is 31.4 Å². The molecule has 0 heterocycles. The van der Waals surface area contributed by atoms with Crippen LogP contribution in [0, 0.1) is 16.7 Å². The molecule has 1 aromatic carbocycles. The smallest absolute Gasteiger partial charge is 0.208 e. The summed E-state index contributed by atoms with van der Waals surface area (Å²) in [5.41, 5.74) is 6.37. The van der Waals surface area contributed by atoms with Crippen molar-refractivity contribution in [3.05, 3.63) is 35.6 Å². The van der Waals surface area contributed by atoms with Crippen molar-refractivity contribution in [3.63, 3.8) is 0 Å². The zero-order valence-electron chi connectivity index (χ0n) is 9.65. The van der Waals surface area contributed by atoms with E-state index in [4.69, 9.17) is 25.9 Å². The van der Waals surface area contributed by atoms with Gasteiger partial charge in [0, 0.05) is 0 Å². The van der Waals surface area contributed by atoms with Crippen molar-refractivity contribution in [1.82, 2.24) is 0 Å². The first-order valence-corrected chi connectivity index (χ1v) is 4.81. The zero-order valence-corrected chi connectivity index (χ0v) is 9.65. The number of allylic oxidation sites excluding steroid dienone is 1. The van der Waals surface area contributed by atoms with Gasteiger partial charge in [-0.3, -0.25) is 5.41 Å². The Labute approximate surface area is 99.6 Å². The summed E-state index contributed by atoms with van der Waals surface area (Å²) in [5, 5.41) is 16.4. The third kappa shape index (κ3) is 2.75. The molecule has 0 bridgehead atoms. The molecule has 0 unspecified atom stereocenters. The van der Waals surface area contributed by atoms with Gasteiger partial charge >= 0.3 is 0 Å². The van der Waals surface area contributed by atoms with E-state index in [-0.39, 0.29) is 17.2 Å².